The SMILES string of the molecule is CN(C)C(=O)c1c(Br)ccc(NC2=NS(=O)(=O)NC2=NCc2ccc3c(c2)OCO3)c1O. The number of benzene rings is 2. The largest absolute Gasteiger partial charge is 0.505 e. The highest BCUT2D eigenvalue weighted by molar-refractivity contribution is 9.10. The lowest BCUT2D eigenvalue weighted by molar-refractivity contribution is 0.0824. The molecule has 2 aromatic carbocycles. The van der Waals surface area contributed by atoms with E-state index in [4.69, 9.17) is 9.47 Å². The van der Waals surface area contributed by atoms with Gasteiger partial charge in [0.1, 0.15) is 0 Å². The number of aliphatic imine (C=N–C) groups is 1. The Balaban J connectivity index is 1.61. The fourth-order valence-corrected chi connectivity index (χ4v) is 4.29. The summed E-state index contributed by atoms with van der Waals surface area (Å²) in [7, 11) is -0.909. The first-order valence-electron chi connectivity index (χ1n) is 9.21. The molecule has 0 saturated heterocycles. The number of carbonyl (C=O) groups excluding carboxylic acids is 1. The van der Waals surface area contributed by atoms with Gasteiger partial charge < -0.3 is 24.8 Å². The Morgan fingerprint density at radius 1 is 1.28 bits per heavy atom. The van der Waals surface area contributed by atoms with Crippen LogP contribution in [0, 0.1) is 0 Å². The van der Waals surface area contributed by atoms with Gasteiger partial charge in [0.2, 0.25) is 6.79 Å². The Morgan fingerprint density at radius 3 is 2.78 bits per heavy atom. The molecule has 11 nitrogen and oxygen atoms in total. The van der Waals surface area contributed by atoms with Crippen LogP contribution in [0.15, 0.2) is 44.2 Å². The standard InChI is InChI=1S/C19H18BrN5O6S/c1-25(2)19(27)15-11(20)4-5-12(16(15)26)22-18-17(23-32(28,29)24-18)21-8-10-3-6-13-14(7-10)31-9-30-13/h3-7,26H,8-9H2,1-2H3,(H,21,23)(H,22,24). The normalized spacial score (nSPS) is 17.1. The number of ether oxygens (including phenoxy) is 2. The molecular formula is C19H18BrN5O6S. The van der Waals surface area contributed by atoms with Crippen LogP contribution in [0.2, 0.25) is 0 Å². The molecule has 4 rings (SSSR count). The van der Waals surface area contributed by atoms with E-state index in [2.05, 4.69) is 35.4 Å². The maximum absolute atomic E-state index is 12.4. The number of halogens is 1. The van der Waals surface area contributed by atoms with Crippen LogP contribution in [0.1, 0.15) is 15.9 Å². The molecule has 2 aliphatic heterocycles. The summed E-state index contributed by atoms with van der Waals surface area (Å²) in [5, 5.41) is 13.4. The quantitative estimate of drug-likeness (QED) is 0.519. The highest BCUT2D eigenvalue weighted by Gasteiger charge is 2.28. The maximum atomic E-state index is 12.4. The highest BCUT2D eigenvalue weighted by atomic mass is 79.9. The lowest BCUT2D eigenvalue weighted by atomic mass is 10.1. The van der Waals surface area contributed by atoms with Crippen LogP contribution in [0.25, 0.3) is 0 Å². The van der Waals surface area contributed by atoms with Crippen LogP contribution in [0.3, 0.4) is 0 Å². The second-order valence-electron chi connectivity index (χ2n) is 7.01. The van der Waals surface area contributed by atoms with Crippen molar-refractivity contribution in [3.63, 3.8) is 0 Å². The van der Waals surface area contributed by atoms with Crippen LogP contribution in [-0.2, 0) is 16.8 Å². The number of hydrogen-bond donors (Lipinski definition) is 3. The van der Waals surface area contributed by atoms with Gasteiger partial charge in [0.05, 0.1) is 17.8 Å². The molecule has 168 valence electrons. The number of rotatable bonds is 4. The van der Waals surface area contributed by atoms with Crippen molar-refractivity contribution in [2.24, 2.45) is 9.39 Å². The van der Waals surface area contributed by atoms with E-state index in [-0.39, 0.29) is 42.0 Å². The van der Waals surface area contributed by atoms with Crippen molar-refractivity contribution < 1.29 is 27.8 Å². The smallest absolute Gasteiger partial charge is 0.345 e. The van der Waals surface area contributed by atoms with Crippen molar-refractivity contribution in [3.05, 3.63) is 45.9 Å². The Hall–Kier alpha value is -3.32. The molecule has 1 amide bonds. The van der Waals surface area contributed by atoms with Crippen molar-refractivity contribution in [1.29, 1.82) is 0 Å². The Morgan fingerprint density at radius 2 is 2.03 bits per heavy atom. The van der Waals surface area contributed by atoms with Gasteiger partial charge in [0.15, 0.2) is 28.9 Å². The second-order valence-corrected chi connectivity index (χ2v) is 9.20. The van der Waals surface area contributed by atoms with E-state index >= 15 is 0 Å². The fourth-order valence-electron chi connectivity index (χ4n) is 2.98. The van der Waals surface area contributed by atoms with Crippen LogP contribution in [0.5, 0.6) is 17.2 Å². The van der Waals surface area contributed by atoms with Gasteiger partial charge in [-0.25, -0.2) is 4.72 Å². The summed E-state index contributed by atoms with van der Waals surface area (Å²) in [5.74, 6) is 0.256. The molecule has 32 heavy (non-hydrogen) atoms. The fraction of sp³-hybridized carbons (Fsp3) is 0.211. The van der Waals surface area contributed by atoms with Crippen LogP contribution in [0.4, 0.5) is 5.69 Å². The topological polar surface area (TPSA) is 142 Å². The molecule has 2 heterocycles. The number of nitrogens with zero attached hydrogens (tertiary/aromatic N) is 3. The predicted molar refractivity (Wildman–Crippen MR) is 121 cm³/mol. The number of carbonyl (C=O) groups is 1. The third-order valence-corrected chi connectivity index (χ3v) is 6.05. The number of amidine groups is 2. The Bertz CT molecular complexity index is 1280. The average molecular weight is 524 g/mol. The van der Waals surface area contributed by atoms with Crippen molar-refractivity contribution in [1.82, 2.24) is 9.62 Å². The molecule has 0 spiro atoms. The number of phenols is 1. The third-order valence-electron chi connectivity index (χ3n) is 4.52. The molecule has 0 bridgehead atoms. The van der Waals surface area contributed by atoms with E-state index in [1.807, 2.05) is 0 Å². The lowest BCUT2D eigenvalue weighted by Gasteiger charge is -2.16. The number of amides is 1. The van der Waals surface area contributed by atoms with Crippen LogP contribution >= 0.6 is 15.9 Å². The minimum absolute atomic E-state index is 0.0215. The molecule has 0 radical (unpaired) electrons. The molecular weight excluding hydrogens is 506 g/mol. The molecule has 2 aromatic rings. The lowest BCUT2D eigenvalue weighted by Crippen LogP contribution is -2.30. The molecule has 13 heteroatoms. The molecule has 0 atom stereocenters. The van der Waals surface area contributed by atoms with E-state index in [0.29, 0.717) is 16.0 Å². The van der Waals surface area contributed by atoms with Gasteiger partial charge in [-0.3, -0.25) is 9.79 Å². The number of anilines is 1. The Labute approximate surface area is 192 Å². The van der Waals surface area contributed by atoms with E-state index < -0.39 is 16.1 Å². The molecule has 0 aliphatic carbocycles. The molecule has 0 aromatic heterocycles. The Kier molecular flexibility index (Phi) is 5.69. The van der Waals surface area contributed by atoms with Gasteiger partial charge in [-0.2, -0.15) is 8.42 Å². The molecule has 0 unspecified atom stereocenters. The first-order valence-corrected chi connectivity index (χ1v) is 11.4. The average Bonchev–Trinajstić information content (AvgIpc) is 3.31. The monoisotopic (exact) mass is 523 g/mol. The first kappa shape index (κ1) is 21.9. The van der Waals surface area contributed by atoms with E-state index in [1.165, 1.54) is 11.0 Å². The number of hydrogen-bond acceptors (Lipinski definition) is 8. The van der Waals surface area contributed by atoms with E-state index in [1.54, 1.807) is 38.4 Å². The summed E-state index contributed by atoms with van der Waals surface area (Å²) in [6.07, 6.45) is 0. The number of aromatic hydroxyl groups is 1. The highest BCUT2D eigenvalue weighted by Crippen LogP contribution is 2.35. The van der Waals surface area contributed by atoms with Crippen molar-refractivity contribution in [2.75, 3.05) is 26.2 Å². The summed E-state index contributed by atoms with van der Waals surface area (Å²) in [4.78, 5) is 18.0. The number of phenolic OH excluding ortho intramolecular Hbond substituents is 1. The van der Waals surface area contributed by atoms with Gasteiger partial charge in [-0.05, 0) is 45.8 Å². The van der Waals surface area contributed by atoms with Crippen molar-refractivity contribution in [2.45, 2.75) is 6.54 Å². The summed E-state index contributed by atoms with van der Waals surface area (Å²) in [6, 6.07) is 8.31. The number of fused-ring (bicyclic) bond motifs is 1. The van der Waals surface area contributed by atoms with Crippen LogP contribution in [-0.4, -0.2) is 56.9 Å². The molecule has 0 saturated carbocycles. The first-order chi connectivity index (χ1) is 15.1. The number of nitrogens with one attached hydrogen (secondary N) is 2. The van der Waals surface area contributed by atoms with Gasteiger partial charge in [0, 0.05) is 18.6 Å². The predicted octanol–water partition coefficient (Wildman–Crippen LogP) is 1.84. The second kappa shape index (κ2) is 8.31. The van der Waals surface area contributed by atoms with E-state index in [9.17, 15) is 18.3 Å². The zero-order valence-electron chi connectivity index (χ0n) is 16.9. The summed E-state index contributed by atoms with van der Waals surface area (Å²) in [5.41, 5.74) is 0.873. The summed E-state index contributed by atoms with van der Waals surface area (Å²) in [6.45, 7) is 0.273. The van der Waals surface area contributed by atoms with Gasteiger partial charge >= 0.3 is 10.2 Å². The van der Waals surface area contributed by atoms with Crippen molar-refractivity contribution in [3.8, 4) is 17.2 Å². The zero-order valence-corrected chi connectivity index (χ0v) is 19.3. The minimum Gasteiger partial charge on any atom is -0.505 e. The zero-order chi connectivity index (χ0) is 23.0. The summed E-state index contributed by atoms with van der Waals surface area (Å²) < 4.78 is 40.9. The minimum atomic E-state index is -4.01. The summed E-state index contributed by atoms with van der Waals surface area (Å²) >= 11 is 3.25. The molecule has 2 aliphatic rings. The van der Waals surface area contributed by atoms with Crippen molar-refractivity contribution >= 4 is 49.4 Å². The third kappa shape index (κ3) is 4.34. The van der Waals surface area contributed by atoms with Gasteiger partial charge in [0.25, 0.3) is 5.91 Å². The maximum Gasteiger partial charge on any atom is 0.345 e. The molecule has 0 fully saturated rings. The van der Waals surface area contributed by atoms with E-state index in [0.717, 1.165) is 5.56 Å². The van der Waals surface area contributed by atoms with Gasteiger partial charge in [-0.1, -0.05) is 6.07 Å². The van der Waals surface area contributed by atoms with Gasteiger partial charge in [-0.15, -0.1) is 4.40 Å². The van der Waals surface area contributed by atoms with Crippen LogP contribution < -0.4 is 19.5 Å². The molecule has 3 N–H and O–H groups in total.